The van der Waals surface area contributed by atoms with Crippen LogP contribution in [0.2, 0.25) is 0 Å². The van der Waals surface area contributed by atoms with Gasteiger partial charge in [0.1, 0.15) is 0 Å². The first-order valence-electron chi connectivity index (χ1n) is 6.66. The van der Waals surface area contributed by atoms with Gasteiger partial charge in [0.25, 0.3) is 0 Å². The molecule has 1 unspecified atom stereocenters. The summed E-state index contributed by atoms with van der Waals surface area (Å²) in [5.74, 6) is 0.834. The van der Waals surface area contributed by atoms with E-state index in [1.54, 1.807) is 7.05 Å². The molecule has 1 aromatic heterocycles. The van der Waals surface area contributed by atoms with E-state index in [-0.39, 0.29) is 0 Å². The minimum Gasteiger partial charge on any atom is -0.317 e. The molecule has 0 aliphatic rings. The van der Waals surface area contributed by atoms with E-state index in [0.29, 0.717) is 6.04 Å². The molecule has 0 bridgehead atoms. The van der Waals surface area contributed by atoms with E-state index in [2.05, 4.69) is 27.7 Å². The van der Waals surface area contributed by atoms with Crippen molar-refractivity contribution in [3.63, 3.8) is 0 Å². The first kappa shape index (κ1) is 14.1. The summed E-state index contributed by atoms with van der Waals surface area (Å²) in [6, 6.07) is 0.473. The molecule has 0 aromatic carbocycles. The summed E-state index contributed by atoms with van der Waals surface area (Å²) in [5.41, 5.74) is 0. The molecule has 98 valence electrons. The van der Waals surface area contributed by atoms with Crippen LogP contribution in [0.25, 0.3) is 0 Å². The summed E-state index contributed by atoms with van der Waals surface area (Å²) in [7, 11) is 3.81. The van der Waals surface area contributed by atoms with Crippen LogP contribution in [0.15, 0.2) is 0 Å². The summed E-state index contributed by atoms with van der Waals surface area (Å²) >= 11 is 0. The van der Waals surface area contributed by atoms with Crippen molar-refractivity contribution in [3.8, 4) is 0 Å². The Morgan fingerprint density at radius 3 is 2.59 bits per heavy atom. The molecule has 1 rings (SSSR count). The van der Waals surface area contributed by atoms with Gasteiger partial charge in [-0.1, -0.05) is 39.0 Å². The smallest absolute Gasteiger partial charge is 0.176 e. The van der Waals surface area contributed by atoms with Crippen LogP contribution in [0.5, 0.6) is 0 Å². The number of unbranched alkanes of at least 4 members (excludes halogenated alkanes) is 4. The second-order valence-electron chi connectivity index (χ2n) is 4.59. The molecule has 1 heterocycles. The summed E-state index contributed by atoms with van der Waals surface area (Å²) < 4.78 is 0. The van der Waals surface area contributed by atoms with Gasteiger partial charge in [0, 0.05) is 12.5 Å². The van der Waals surface area contributed by atoms with Crippen molar-refractivity contribution in [2.45, 2.75) is 57.9 Å². The van der Waals surface area contributed by atoms with Gasteiger partial charge < -0.3 is 5.32 Å². The van der Waals surface area contributed by atoms with Crippen molar-refractivity contribution in [1.29, 1.82) is 0 Å². The van der Waals surface area contributed by atoms with Gasteiger partial charge in [-0.2, -0.15) is 4.80 Å². The third-order valence-electron chi connectivity index (χ3n) is 3.04. The molecule has 0 aliphatic heterocycles. The molecular formula is C12H25N5. The Bertz CT molecular complexity index is 297. The van der Waals surface area contributed by atoms with Gasteiger partial charge in [-0.15, -0.1) is 10.2 Å². The molecule has 0 saturated heterocycles. The molecule has 5 nitrogen and oxygen atoms in total. The zero-order chi connectivity index (χ0) is 12.5. The minimum absolute atomic E-state index is 0.473. The predicted octanol–water partition coefficient (Wildman–Crippen LogP) is 1.70. The van der Waals surface area contributed by atoms with Crippen LogP contribution in [0.4, 0.5) is 0 Å². The van der Waals surface area contributed by atoms with Gasteiger partial charge in [-0.25, -0.2) is 0 Å². The highest BCUT2D eigenvalue weighted by molar-refractivity contribution is 4.83. The number of aryl methyl sites for hydroxylation is 1. The molecule has 5 heteroatoms. The van der Waals surface area contributed by atoms with Gasteiger partial charge in [0.15, 0.2) is 5.82 Å². The van der Waals surface area contributed by atoms with E-state index in [0.717, 1.165) is 12.2 Å². The molecule has 0 radical (unpaired) electrons. The number of tetrazole rings is 1. The van der Waals surface area contributed by atoms with Gasteiger partial charge in [-0.05, 0) is 18.7 Å². The van der Waals surface area contributed by atoms with E-state index in [1.165, 1.54) is 43.3 Å². The fourth-order valence-corrected chi connectivity index (χ4v) is 1.97. The zero-order valence-corrected chi connectivity index (χ0v) is 11.3. The van der Waals surface area contributed by atoms with Crippen LogP contribution >= 0.6 is 0 Å². The lowest BCUT2D eigenvalue weighted by Crippen LogP contribution is -2.28. The molecule has 0 amide bonds. The van der Waals surface area contributed by atoms with Gasteiger partial charge in [0.2, 0.25) is 0 Å². The van der Waals surface area contributed by atoms with Crippen molar-refractivity contribution in [3.05, 3.63) is 5.82 Å². The maximum absolute atomic E-state index is 4.21. The largest absolute Gasteiger partial charge is 0.317 e. The highest BCUT2D eigenvalue weighted by atomic mass is 15.6. The molecule has 1 atom stereocenters. The van der Waals surface area contributed by atoms with Crippen LogP contribution in [-0.2, 0) is 13.5 Å². The Labute approximate surface area is 104 Å². The predicted molar refractivity (Wildman–Crippen MR) is 68.7 cm³/mol. The van der Waals surface area contributed by atoms with E-state index < -0.39 is 0 Å². The van der Waals surface area contributed by atoms with Crippen LogP contribution < -0.4 is 5.32 Å². The van der Waals surface area contributed by atoms with Crippen LogP contribution in [-0.4, -0.2) is 33.3 Å². The molecule has 0 saturated carbocycles. The van der Waals surface area contributed by atoms with Crippen molar-refractivity contribution in [1.82, 2.24) is 25.5 Å². The van der Waals surface area contributed by atoms with E-state index >= 15 is 0 Å². The maximum atomic E-state index is 4.21. The maximum Gasteiger partial charge on any atom is 0.176 e. The van der Waals surface area contributed by atoms with Crippen LogP contribution in [0.3, 0.4) is 0 Å². The Balaban J connectivity index is 2.19. The summed E-state index contributed by atoms with van der Waals surface area (Å²) in [5, 5.41) is 15.4. The fraction of sp³-hybridized carbons (Fsp3) is 0.917. The van der Waals surface area contributed by atoms with Crippen molar-refractivity contribution in [2.75, 3.05) is 7.05 Å². The Morgan fingerprint density at radius 1 is 1.24 bits per heavy atom. The number of nitrogens with zero attached hydrogens (tertiary/aromatic N) is 4. The third-order valence-corrected chi connectivity index (χ3v) is 3.04. The number of aromatic nitrogens is 4. The van der Waals surface area contributed by atoms with Crippen LogP contribution in [0, 0.1) is 0 Å². The number of hydrogen-bond acceptors (Lipinski definition) is 4. The molecule has 0 aliphatic carbocycles. The lowest BCUT2D eigenvalue weighted by molar-refractivity contribution is 0.473. The number of nitrogens with one attached hydrogen (secondary N) is 1. The SMILES string of the molecule is CCCCCCCC(Cc1nnn(C)n1)NC. The lowest BCUT2D eigenvalue weighted by Gasteiger charge is -2.13. The van der Waals surface area contributed by atoms with Crippen molar-refractivity contribution < 1.29 is 0 Å². The molecule has 0 spiro atoms. The second-order valence-corrected chi connectivity index (χ2v) is 4.59. The standard InChI is InChI=1S/C12H25N5/c1-4-5-6-7-8-9-11(13-2)10-12-14-16-17(3)15-12/h11,13H,4-10H2,1-3H3. The summed E-state index contributed by atoms with van der Waals surface area (Å²) in [6.07, 6.45) is 8.70. The highest BCUT2D eigenvalue weighted by Crippen LogP contribution is 2.09. The highest BCUT2D eigenvalue weighted by Gasteiger charge is 2.10. The second kappa shape index (κ2) is 8.17. The Morgan fingerprint density at radius 2 is 2.00 bits per heavy atom. The van der Waals surface area contributed by atoms with Crippen molar-refractivity contribution >= 4 is 0 Å². The summed E-state index contributed by atoms with van der Waals surface area (Å²) in [6.45, 7) is 2.25. The summed E-state index contributed by atoms with van der Waals surface area (Å²) in [4.78, 5) is 1.52. The number of rotatable bonds is 9. The normalized spacial score (nSPS) is 12.9. The molecule has 0 fully saturated rings. The topological polar surface area (TPSA) is 55.6 Å². The van der Waals surface area contributed by atoms with Gasteiger partial charge >= 0.3 is 0 Å². The monoisotopic (exact) mass is 239 g/mol. The zero-order valence-electron chi connectivity index (χ0n) is 11.3. The fourth-order valence-electron chi connectivity index (χ4n) is 1.97. The average Bonchev–Trinajstić information content (AvgIpc) is 2.73. The number of hydrogen-bond donors (Lipinski definition) is 1. The Hall–Kier alpha value is -0.970. The quantitative estimate of drug-likeness (QED) is 0.666. The first-order chi connectivity index (χ1) is 8.26. The first-order valence-corrected chi connectivity index (χ1v) is 6.66. The number of likely N-dealkylation sites (N-methyl/N-ethyl adjacent to an activating group) is 1. The third kappa shape index (κ3) is 5.77. The average molecular weight is 239 g/mol. The van der Waals surface area contributed by atoms with Gasteiger partial charge in [0.05, 0.1) is 7.05 Å². The van der Waals surface area contributed by atoms with Gasteiger partial charge in [-0.3, -0.25) is 0 Å². The minimum atomic E-state index is 0.473. The van der Waals surface area contributed by atoms with Crippen molar-refractivity contribution in [2.24, 2.45) is 7.05 Å². The molecule has 1 aromatic rings. The lowest BCUT2D eigenvalue weighted by atomic mass is 10.0. The van der Waals surface area contributed by atoms with E-state index in [9.17, 15) is 0 Å². The van der Waals surface area contributed by atoms with Crippen LogP contribution in [0.1, 0.15) is 51.3 Å². The Kier molecular flexibility index (Phi) is 6.77. The van der Waals surface area contributed by atoms with E-state index in [4.69, 9.17) is 0 Å². The molecular weight excluding hydrogens is 214 g/mol. The molecule has 1 N–H and O–H groups in total. The molecule has 17 heavy (non-hydrogen) atoms. The van der Waals surface area contributed by atoms with E-state index in [1.807, 2.05) is 7.05 Å².